The highest BCUT2D eigenvalue weighted by Gasteiger charge is 2.19. The Bertz CT molecular complexity index is 1210. The molecule has 0 bridgehead atoms. The number of para-hydroxylation sites is 1. The zero-order valence-corrected chi connectivity index (χ0v) is 19.6. The number of carbonyl (C=O) groups excluding carboxylic acids is 2. The van der Waals surface area contributed by atoms with Gasteiger partial charge in [-0.25, -0.2) is 9.78 Å². The molecule has 0 radical (unpaired) electrons. The molecule has 11 heteroatoms. The summed E-state index contributed by atoms with van der Waals surface area (Å²) in [5.41, 5.74) is 0.354. The number of amides is 1. The van der Waals surface area contributed by atoms with E-state index >= 15 is 0 Å². The van der Waals surface area contributed by atoms with Crippen LogP contribution in [0, 0.1) is 0 Å². The molecule has 0 aliphatic rings. The third-order valence-corrected chi connectivity index (χ3v) is 5.32. The molecule has 1 aromatic heterocycles. The average Bonchev–Trinajstić information content (AvgIpc) is 2.85. The first kappa shape index (κ1) is 24.6. The van der Waals surface area contributed by atoms with E-state index < -0.39 is 11.9 Å². The van der Waals surface area contributed by atoms with Gasteiger partial charge in [-0.05, 0) is 12.1 Å². The number of hydrogen-bond acceptors (Lipinski definition) is 9. The molecule has 3 rings (SSSR count). The monoisotopic (exact) mass is 485 g/mol. The molecule has 2 N–H and O–H groups in total. The Morgan fingerprint density at radius 2 is 1.74 bits per heavy atom. The number of rotatable bonds is 10. The van der Waals surface area contributed by atoms with Crippen LogP contribution in [0.3, 0.4) is 0 Å². The number of benzene rings is 2. The third-order valence-electron chi connectivity index (χ3n) is 4.45. The van der Waals surface area contributed by atoms with E-state index in [1.165, 1.54) is 39.5 Å². The quantitative estimate of drug-likeness (QED) is 0.253. The van der Waals surface area contributed by atoms with Gasteiger partial charge >= 0.3 is 5.97 Å². The Hall–Kier alpha value is -3.99. The Morgan fingerprint density at radius 3 is 2.41 bits per heavy atom. The van der Waals surface area contributed by atoms with Crippen molar-refractivity contribution in [3.8, 4) is 17.2 Å². The van der Waals surface area contributed by atoms with Gasteiger partial charge in [0.15, 0.2) is 16.7 Å². The van der Waals surface area contributed by atoms with E-state index in [0.717, 1.165) is 11.8 Å². The van der Waals surface area contributed by atoms with Crippen LogP contribution in [0.25, 0.3) is 0 Å². The molecule has 3 aromatic rings. The van der Waals surface area contributed by atoms with Crippen molar-refractivity contribution in [3.63, 3.8) is 0 Å². The Labute approximate surface area is 199 Å². The number of anilines is 1. The van der Waals surface area contributed by atoms with Gasteiger partial charge in [0, 0.05) is 18.2 Å². The highest BCUT2D eigenvalue weighted by molar-refractivity contribution is 7.99. The van der Waals surface area contributed by atoms with E-state index in [0.29, 0.717) is 22.9 Å². The minimum atomic E-state index is -0.652. The van der Waals surface area contributed by atoms with Crippen LogP contribution in [0.15, 0.2) is 58.5 Å². The minimum absolute atomic E-state index is 0.0824. The molecule has 1 heterocycles. The van der Waals surface area contributed by atoms with Crippen LogP contribution in [0.5, 0.6) is 17.2 Å². The van der Waals surface area contributed by atoms with Crippen molar-refractivity contribution in [2.75, 3.05) is 32.4 Å². The van der Waals surface area contributed by atoms with Gasteiger partial charge < -0.3 is 29.2 Å². The zero-order valence-electron chi connectivity index (χ0n) is 18.7. The molecule has 0 saturated heterocycles. The summed E-state index contributed by atoms with van der Waals surface area (Å²) in [5.74, 6) is 0.120. The smallest absolute Gasteiger partial charge is 0.340 e. The number of aromatic amines is 1. The third kappa shape index (κ3) is 6.51. The van der Waals surface area contributed by atoms with Crippen molar-refractivity contribution in [1.29, 1.82) is 0 Å². The van der Waals surface area contributed by atoms with Gasteiger partial charge in [-0.1, -0.05) is 30.0 Å². The second-order valence-corrected chi connectivity index (χ2v) is 7.69. The van der Waals surface area contributed by atoms with E-state index in [4.69, 9.17) is 18.9 Å². The first-order valence-corrected chi connectivity index (χ1v) is 11.0. The van der Waals surface area contributed by atoms with E-state index in [2.05, 4.69) is 15.3 Å². The maximum absolute atomic E-state index is 12.6. The molecule has 0 aliphatic heterocycles. The van der Waals surface area contributed by atoms with Gasteiger partial charge in [0.1, 0.15) is 12.4 Å². The van der Waals surface area contributed by atoms with Gasteiger partial charge in [-0.3, -0.25) is 9.59 Å². The average molecular weight is 486 g/mol. The van der Waals surface area contributed by atoms with Crippen molar-refractivity contribution < 1.29 is 28.5 Å². The van der Waals surface area contributed by atoms with Crippen LogP contribution in [-0.4, -0.2) is 48.9 Å². The topological polar surface area (TPSA) is 129 Å². The molecule has 34 heavy (non-hydrogen) atoms. The molecule has 10 nitrogen and oxygen atoms in total. The highest BCUT2D eigenvalue weighted by atomic mass is 32.2. The molecular formula is C23H23N3O7S. The first-order valence-electron chi connectivity index (χ1n) is 9.98. The standard InChI is InChI=1S/C23H23N3O7S/c1-30-18-10-16(22(29)32-3)17(11-19(18)31-2)25-21(28)13-34-23-24-14(9-20(27)26-23)12-33-15-7-5-4-6-8-15/h4-11H,12-13H2,1-3H3,(H,25,28)(H,24,26,27). The van der Waals surface area contributed by atoms with E-state index in [9.17, 15) is 14.4 Å². The summed E-state index contributed by atoms with van der Waals surface area (Å²) < 4.78 is 20.9. The van der Waals surface area contributed by atoms with Gasteiger partial charge in [0.05, 0.1) is 44.0 Å². The maximum atomic E-state index is 12.6. The van der Waals surface area contributed by atoms with Crippen LogP contribution in [0.2, 0.25) is 0 Å². The lowest BCUT2D eigenvalue weighted by Crippen LogP contribution is -2.18. The van der Waals surface area contributed by atoms with E-state index in [1.54, 1.807) is 12.1 Å². The Balaban J connectivity index is 1.68. The van der Waals surface area contributed by atoms with Crippen LogP contribution in [0.1, 0.15) is 16.1 Å². The number of nitrogens with one attached hydrogen (secondary N) is 2. The summed E-state index contributed by atoms with van der Waals surface area (Å²) in [5, 5.41) is 2.92. The number of hydrogen-bond donors (Lipinski definition) is 2. The van der Waals surface area contributed by atoms with Crippen molar-refractivity contribution in [3.05, 3.63) is 70.1 Å². The lowest BCUT2D eigenvalue weighted by Gasteiger charge is -2.14. The number of H-pyrrole nitrogens is 1. The number of aromatic nitrogens is 2. The van der Waals surface area contributed by atoms with Crippen LogP contribution in [0.4, 0.5) is 5.69 Å². The predicted molar refractivity (Wildman–Crippen MR) is 126 cm³/mol. The minimum Gasteiger partial charge on any atom is -0.493 e. The maximum Gasteiger partial charge on any atom is 0.340 e. The van der Waals surface area contributed by atoms with E-state index in [1.807, 2.05) is 18.2 Å². The number of carbonyl (C=O) groups is 2. The predicted octanol–water partition coefficient (Wildman–Crippen LogP) is 2.88. The number of nitrogens with zero attached hydrogens (tertiary/aromatic N) is 1. The number of ether oxygens (including phenoxy) is 4. The number of esters is 1. The van der Waals surface area contributed by atoms with Crippen LogP contribution >= 0.6 is 11.8 Å². The number of thioether (sulfide) groups is 1. The molecule has 0 spiro atoms. The van der Waals surface area contributed by atoms with Crippen molar-refractivity contribution in [2.45, 2.75) is 11.8 Å². The molecule has 2 aromatic carbocycles. The van der Waals surface area contributed by atoms with Crippen LogP contribution < -0.4 is 25.1 Å². The fourth-order valence-corrected chi connectivity index (χ4v) is 3.58. The Kier molecular flexibility index (Phi) is 8.52. The summed E-state index contributed by atoms with van der Waals surface area (Å²) >= 11 is 1.03. The fraction of sp³-hybridized carbons (Fsp3) is 0.217. The summed E-state index contributed by atoms with van der Waals surface area (Å²) in [4.78, 5) is 43.7. The Morgan fingerprint density at radius 1 is 1.03 bits per heavy atom. The SMILES string of the molecule is COC(=O)c1cc(OC)c(OC)cc1NC(=O)CSc1nc(COc2ccccc2)cc(=O)[nH]1. The molecule has 0 atom stereocenters. The highest BCUT2D eigenvalue weighted by Crippen LogP contribution is 2.34. The zero-order chi connectivity index (χ0) is 24.5. The second-order valence-electron chi connectivity index (χ2n) is 6.72. The van der Waals surface area contributed by atoms with Gasteiger partial charge in [0.25, 0.3) is 5.56 Å². The molecule has 0 unspecified atom stereocenters. The lowest BCUT2D eigenvalue weighted by molar-refractivity contribution is -0.113. The van der Waals surface area contributed by atoms with Gasteiger partial charge in [-0.15, -0.1) is 0 Å². The second kappa shape index (κ2) is 11.8. The molecule has 0 aliphatic carbocycles. The molecule has 0 saturated carbocycles. The van der Waals surface area contributed by atoms with Crippen molar-refractivity contribution in [2.24, 2.45) is 0 Å². The summed E-state index contributed by atoms with van der Waals surface area (Å²) in [6.07, 6.45) is 0. The summed E-state index contributed by atoms with van der Waals surface area (Å²) in [7, 11) is 4.10. The van der Waals surface area contributed by atoms with Crippen molar-refractivity contribution >= 4 is 29.3 Å². The molecule has 0 fully saturated rings. The first-order chi connectivity index (χ1) is 16.4. The molecule has 178 valence electrons. The van der Waals surface area contributed by atoms with Crippen molar-refractivity contribution in [1.82, 2.24) is 9.97 Å². The van der Waals surface area contributed by atoms with Gasteiger partial charge in [0.2, 0.25) is 5.91 Å². The fourth-order valence-electron chi connectivity index (χ4n) is 2.88. The molecular weight excluding hydrogens is 462 g/mol. The summed E-state index contributed by atoms with van der Waals surface area (Å²) in [6.45, 7) is 0.0990. The molecule has 1 amide bonds. The summed E-state index contributed by atoms with van der Waals surface area (Å²) in [6, 6.07) is 13.4. The van der Waals surface area contributed by atoms with E-state index in [-0.39, 0.29) is 34.3 Å². The van der Waals surface area contributed by atoms with Gasteiger partial charge in [-0.2, -0.15) is 0 Å². The number of methoxy groups -OCH3 is 3. The normalized spacial score (nSPS) is 10.3. The lowest BCUT2D eigenvalue weighted by atomic mass is 10.1. The largest absolute Gasteiger partial charge is 0.493 e. The van der Waals surface area contributed by atoms with Crippen LogP contribution in [-0.2, 0) is 16.1 Å².